The number of aliphatic hydroxyl groups is 1. The van der Waals surface area contributed by atoms with Crippen LogP contribution in [0.1, 0.15) is 25.3 Å². The molecule has 0 bridgehead atoms. The van der Waals surface area contributed by atoms with Crippen LogP contribution in [0.2, 0.25) is 0 Å². The first kappa shape index (κ1) is 13.9. The average molecular weight is 263 g/mol. The molecule has 1 aliphatic rings. The predicted molar refractivity (Wildman–Crippen MR) is 73.9 cm³/mol. The highest BCUT2D eigenvalue weighted by molar-refractivity contribution is 5.72. The number of anilines is 1. The van der Waals surface area contributed by atoms with Crippen molar-refractivity contribution in [2.24, 2.45) is 5.92 Å². The zero-order chi connectivity index (χ0) is 13.7. The Bertz CT molecular complexity index is 408. The smallest absolute Gasteiger partial charge is 0.309 e. The summed E-state index contributed by atoms with van der Waals surface area (Å²) in [5, 5.41) is 9.02. The van der Waals surface area contributed by atoms with Crippen LogP contribution < -0.4 is 4.90 Å². The van der Waals surface area contributed by atoms with Gasteiger partial charge in [0.2, 0.25) is 0 Å². The highest BCUT2D eigenvalue weighted by atomic mass is 16.5. The van der Waals surface area contributed by atoms with Gasteiger partial charge in [-0.25, -0.2) is 0 Å². The van der Waals surface area contributed by atoms with Crippen molar-refractivity contribution in [3.8, 4) is 0 Å². The summed E-state index contributed by atoms with van der Waals surface area (Å²) in [6.07, 6.45) is 1.70. The maximum atomic E-state index is 11.7. The molecule has 0 saturated carbocycles. The molecule has 2 rings (SSSR count). The molecule has 0 atom stereocenters. The number of esters is 1. The van der Waals surface area contributed by atoms with Crippen LogP contribution in [0.3, 0.4) is 0 Å². The van der Waals surface area contributed by atoms with E-state index in [0.717, 1.165) is 37.2 Å². The minimum atomic E-state index is -0.0576. The quantitative estimate of drug-likeness (QED) is 0.844. The Morgan fingerprint density at radius 1 is 1.32 bits per heavy atom. The molecule has 0 spiro atoms. The highest BCUT2D eigenvalue weighted by Crippen LogP contribution is 2.24. The maximum Gasteiger partial charge on any atom is 0.309 e. The first-order chi connectivity index (χ1) is 9.24. The van der Waals surface area contributed by atoms with Crippen molar-refractivity contribution >= 4 is 11.7 Å². The van der Waals surface area contributed by atoms with Crippen molar-refractivity contribution in [1.29, 1.82) is 0 Å². The van der Waals surface area contributed by atoms with Gasteiger partial charge in [0, 0.05) is 18.8 Å². The topological polar surface area (TPSA) is 49.8 Å². The fourth-order valence-corrected chi connectivity index (χ4v) is 2.45. The average Bonchev–Trinajstić information content (AvgIpc) is 2.48. The number of ether oxygens (including phenoxy) is 1. The highest BCUT2D eigenvalue weighted by Gasteiger charge is 2.25. The van der Waals surface area contributed by atoms with Gasteiger partial charge in [-0.05, 0) is 37.5 Å². The molecule has 104 valence electrons. The molecule has 1 fully saturated rings. The number of hydrogen-bond acceptors (Lipinski definition) is 4. The summed E-state index contributed by atoms with van der Waals surface area (Å²) in [4.78, 5) is 13.9. The Morgan fingerprint density at radius 3 is 2.47 bits per heavy atom. The summed E-state index contributed by atoms with van der Waals surface area (Å²) in [6.45, 7) is 4.13. The molecule has 0 amide bonds. The monoisotopic (exact) mass is 263 g/mol. The first-order valence-corrected chi connectivity index (χ1v) is 6.86. The molecular weight excluding hydrogens is 242 g/mol. The molecule has 1 saturated heterocycles. The molecule has 0 radical (unpaired) electrons. The maximum absolute atomic E-state index is 11.7. The van der Waals surface area contributed by atoms with Crippen LogP contribution in [0.25, 0.3) is 0 Å². The minimum absolute atomic E-state index is 0.0490. The molecular formula is C15H21NO3. The van der Waals surface area contributed by atoms with Crippen molar-refractivity contribution in [1.82, 2.24) is 0 Å². The molecule has 1 heterocycles. The van der Waals surface area contributed by atoms with Crippen molar-refractivity contribution in [3.05, 3.63) is 29.8 Å². The lowest BCUT2D eigenvalue weighted by Gasteiger charge is -2.32. The fraction of sp³-hybridized carbons (Fsp3) is 0.533. The minimum Gasteiger partial charge on any atom is -0.466 e. The van der Waals surface area contributed by atoms with E-state index in [9.17, 15) is 4.79 Å². The van der Waals surface area contributed by atoms with Gasteiger partial charge in [0.25, 0.3) is 0 Å². The second-order valence-corrected chi connectivity index (χ2v) is 4.84. The molecule has 1 aromatic carbocycles. The van der Waals surface area contributed by atoms with Crippen LogP contribution in [-0.4, -0.2) is 30.8 Å². The number of hydrogen-bond donors (Lipinski definition) is 1. The van der Waals surface area contributed by atoms with Gasteiger partial charge < -0.3 is 14.7 Å². The van der Waals surface area contributed by atoms with Crippen molar-refractivity contribution in [3.63, 3.8) is 0 Å². The second kappa shape index (κ2) is 6.57. The number of carbonyl (C=O) groups is 1. The predicted octanol–water partition coefficient (Wildman–Crippen LogP) is 1.96. The number of piperidine rings is 1. The van der Waals surface area contributed by atoms with E-state index in [1.807, 2.05) is 31.2 Å². The van der Waals surface area contributed by atoms with E-state index >= 15 is 0 Å². The van der Waals surface area contributed by atoms with Gasteiger partial charge in [-0.1, -0.05) is 12.1 Å². The normalized spacial score (nSPS) is 16.4. The van der Waals surface area contributed by atoms with E-state index in [1.165, 1.54) is 0 Å². The first-order valence-electron chi connectivity index (χ1n) is 6.86. The van der Waals surface area contributed by atoms with Crippen LogP contribution in [0.4, 0.5) is 5.69 Å². The van der Waals surface area contributed by atoms with Gasteiger partial charge in [0.1, 0.15) is 0 Å². The van der Waals surface area contributed by atoms with Gasteiger partial charge in [-0.3, -0.25) is 4.79 Å². The van der Waals surface area contributed by atoms with Crippen LogP contribution in [0.5, 0.6) is 0 Å². The van der Waals surface area contributed by atoms with Crippen LogP contribution in [-0.2, 0) is 16.1 Å². The van der Waals surface area contributed by atoms with E-state index < -0.39 is 0 Å². The third-order valence-electron chi connectivity index (χ3n) is 3.60. The van der Waals surface area contributed by atoms with E-state index in [2.05, 4.69) is 4.90 Å². The van der Waals surface area contributed by atoms with Gasteiger partial charge in [-0.15, -0.1) is 0 Å². The Balaban J connectivity index is 1.90. The molecule has 0 aliphatic carbocycles. The summed E-state index contributed by atoms with van der Waals surface area (Å²) in [6, 6.07) is 7.92. The zero-order valence-electron chi connectivity index (χ0n) is 11.3. The lowest BCUT2D eigenvalue weighted by Crippen LogP contribution is -2.36. The van der Waals surface area contributed by atoms with E-state index in [-0.39, 0.29) is 18.5 Å². The number of benzene rings is 1. The molecule has 1 N–H and O–H groups in total. The standard InChI is InChI=1S/C15H21NO3/c1-2-19-15(18)13-7-9-16(10-8-13)14-5-3-12(11-17)4-6-14/h3-6,13,17H,2,7-11H2,1H3. The number of rotatable bonds is 4. The van der Waals surface area contributed by atoms with Crippen molar-refractivity contribution in [2.45, 2.75) is 26.4 Å². The van der Waals surface area contributed by atoms with Gasteiger partial charge in [0.05, 0.1) is 19.1 Å². The molecule has 0 aromatic heterocycles. The summed E-state index contributed by atoms with van der Waals surface area (Å²) >= 11 is 0. The molecule has 1 aromatic rings. The van der Waals surface area contributed by atoms with E-state index in [4.69, 9.17) is 9.84 Å². The molecule has 19 heavy (non-hydrogen) atoms. The SMILES string of the molecule is CCOC(=O)C1CCN(c2ccc(CO)cc2)CC1. The van der Waals surface area contributed by atoms with Gasteiger partial charge in [0.15, 0.2) is 0 Å². The lowest BCUT2D eigenvalue weighted by atomic mass is 9.96. The number of aliphatic hydroxyl groups excluding tert-OH is 1. The number of nitrogens with zero attached hydrogens (tertiary/aromatic N) is 1. The van der Waals surface area contributed by atoms with Crippen LogP contribution in [0.15, 0.2) is 24.3 Å². The zero-order valence-corrected chi connectivity index (χ0v) is 11.3. The van der Waals surface area contributed by atoms with Crippen molar-refractivity contribution < 1.29 is 14.6 Å². The second-order valence-electron chi connectivity index (χ2n) is 4.84. The Hall–Kier alpha value is -1.55. The Kier molecular flexibility index (Phi) is 4.80. The largest absolute Gasteiger partial charge is 0.466 e. The molecule has 4 nitrogen and oxygen atoms in total. The Morgan fingerprint density at radius 2 is 1.95 bits per heavy atom. The summed E-state index contributed by atoms with van der Waals surface area (Å²) in [5.41, 5.74) is 2.07. The third-order valence-corrected chi connectivity index (χ3v) is 3.60. The van der Waals surface area contributed by atoms with Crippen LogP contribution >= 0.6 is 0 Å². The fourth-order valence-electron chi connectivity index (χ4n) is 2.45. The lowest BCUT2D eigenvalue weighted by molar-refractivity contribution is -0.148. The van der Waals surface area contributed by atoms with Crippen molar-refractivity contribution in [2.75, 3.05) is 24.6 Å². The molecule has 1 aliphatic heterocycles. The molecule has 4 heteroatoms. The van der Waals surface area contributed by atoms with E-state index in [1.54, 1.807) is 0 Å². The van der Waals surface area contributed by atoms with E-state index in [0.29, 0.717) is 6.61 Å². The third kappa shape index (κ3) is 3.47. The van der Waals surface area contributed by atoms with Gasteiger partial charge >= 0.3 is 5.97 Å². The van der Waals surface area contributed by atoms with Gasteiger partial charge in [-0.2, -0.15) is 0 Å². The Labute approximate surface area is 114 Å². The summed E-state index contributed by atoms with van der Waals surface area (Å²) in [7, 11) is 0. The number of carbonyl (C=O) groups excluding carboxylic acids is 1. The summed E-state index contributed by atoms with van der Waals surface area (Å²) < 4.78 is 5.07. The molecule has 0 unspecified atom stereocenters. The summed E-state index contributed by atoms with van der Waals surface area (Å²) in [5.74, 6) is -0.00862. The van der Waals surface area contributed by atoms with Crippen LogP contribution in [0, 0.1) is 5.92 Å².